The number of non-ortho nitro benzene ring substituents is 1. The molecule has 3 amide bonds. The minimum absolute atomic E-state index is 0.0292. The Morgan fingerprint density at radius 2 is 1.81 bits per heavy atom. The molecule has 0 saturated carbocycles. The minimum Gasteiger partial charge on any atom is -0.483 e. The first-order chi connectivity index (χ1) is 17.3. The summed E-state index contributed by atoms with van der Waals surface area (Å²) in [5, 5.41) is 13.5. The van der Waals surface area contributed by atoms with Crippen LogP contribution in [0.1, 0.15) is 11.1 Å². The van der Waals surface area contributed by atoms with Crippen LogP contribution in [0.5, 0.6) is 5.75 Å². The van der Waals surface area contributed by atoms with Crippen LogP contribution in [0.4, 0.5) is 16.2 Å². The van der Waals surface area contributed by atoms with Crippen molar-refractivity contribution >= 4 is 57.9 Å². The average molecular weight is 524 g/mol. The first-order valence-electron chi connectivity index (χ1n) is 10.6. The number of nitrogens with zero attached hydrogens (tertiary/aromatic N) is 2. The number of carbonyl (C=O) groups excluding carboxylic acids is 3. The van der Waals surface area contributed by atoms with E-state index in [9.17, 15) is 24.5 Å². The van der Waals surface area contributed by atoms with Gasteiger partial charge in [0.2, 0.25) is 0 Å². The van der Waals surface area contributed by atoms with Crippen molar-refractivity contribution < 1.29 is 24.0 Å². The van der Waals surface area contributed by atoms with Gasteiger partial charge in [-0.2, -0.15) is 0 Å². The lowest BCUT2D eigenvalue weighted by molar-refractivity contribution is -0.384. The molecule has 3 aromatic rings. The molecule has 0 unspecified atom stereocenters. The molecule has 0 aliphatic carbocycles. The van der Waals surface area contributed by atoms with E-state index in [1.165, 1.54) is 30.3 Å². The number of rotatable bonds is 8. The van der Waals surface area contributed by atoms with Crippen LogP contribution in [0, 0.1) is 10.1 Å². The number of hydrogen-bond donors (Lipinski definition) is 1. The SMILES string of the molecule is O=C(COc1ccc(Cl)cc1/C=C1\SC(=O)N(Cc2ccc([N+](=O)[O-])cc2)C1=O)Nc1ccccc1. The van der Waals surface area contributed by atoms with Gasteiger partial charge in [0.1, 0.15) is 5.75 Å². The summed E-state index contributed by atoms with van der Waals surface area (Å²) in [4.78, 5) is 49.2. The fraction of sp³-hybridized carbons (Fsp3) is 0.0800. The smallest absolute Gasteiger partial charge is 0.293 e. The second kappa shape index (κ2) is 11.1. The van der Waals surface area contributed by atoms with Gasteiger partial charge in [-0.25, -0.2) is 0 Å². The number of hydrogen-bond acceptors (Lipinski definition) is 7. The molecule has 4 rings (SSSR count). The summed E-state index contributed by atoms with van der Waals surface area (Å²) >= 11 is 6.88. The van der Waals surface area contributed by atoms with Crippen molar-refractivity contribution in [1.29, 1.82) is 0 Å². The van der Waals surface area contributed by atoms with E-state index < -0.39 is 16.1 Å². The molecule has 36 heavy (non-hydrogen) atoms. The number of thioether (sulfide) groups is 1. The molecule has 182 valence electrons. The van der Waals surface area contributed by atoms with Crippen molar-refractivity contribution in [3.63, 3.8) is 0 Å². The Morgan fingerprint density at radius 1 is 1.08 bits per heavy atom. The molecule has 1 aliphatic heterocycles. The van der Waals surface area contributed by atoms with Gasteiger partial charge in [0.25, 0.3) is 22.7 Å². The standard InChI is InChI=1S/C25H18ClN3O6S/c26-18-8-11-21(35-15-23(30)27-19-4-2-1-3-5-19)17(12-18)13-22-24(31)28(25(32)36-22)14-16-6-9-20(10-7-16)29(33)34/h1-13H,14-15H2,(H,27,30)/b22-13-. The Labute approximate surface area is 214 Å². The largest absolute Gasteiger partial charge is 0.483 e. The van der Waals surface area contributed by atoms with Crippen LogP contribution in [0.3, 0.4) is 0 Å². The van der Waals surface area contributed by atoms with Gasteiger partial charge in [-0.1, -0.05) is 41.9 Å². The maximum absolute atomic E-state index is 12.9. The second-order valence-electron chi connectivity index (χ2n) is 7.58. The lowest BCUT2D eigenvalue weighted by Gasteiger charge is -2.12. The molecule has 9 nitrogen and oxygen atoms in total. The van der Waals surface area contributed by atoms with Gasteiger partial charge in [0.05, 0.1) is 16.4 Å². The van der Waals surface area contributed by atoms with Gasteiger partial charge in [0, 0.05) is 28.4 Å². The second-order valence-corrected chi connectivity index (χ2v) is 9.01. The Balaban J connectivity index is 1.47. The summed E-state index contributed by atoms with van der Waals surface area (Å²) in [7, 11) is 0. The fourth-order valence-electron chi connectivity index (χ4n) is 3.31. The predicted octanol–water partition coefficient (Wildman–Crippen LogP) is 5.50. The van der Waals surface area contributed by atoms with Crippen LogP contribution in [-0.2, 0) is 16.1 Å². The van der Waals surface area contributed by atoms with Crippen LogP contribution in [-0.4, -0.2) is 33.5 Å². The summed E-state index contributed by atoms with van der Waals surface area (Å²) < 4.78 is 5.66. The molecule has 0 atom stereocenters. The number of nitro groups is 1. The van der Waals surface area contributed by atoms with E-state index in [1.54, 1.807) is 42.5 Å². The summed E-state index contributed by atoms with van der Waals surface area (Å²) in [6, 6.07) is 19.3. The molecule has 11 heteroatoms. The summed E-state index contributed by atoms with van der Waals surface area (Å²) in [6.07, 6.45) is 1.48. The normalized spacial score (nSPS) is 14.2. The molecule has 1 saturated heterocycles. The molecular formula is C25H18ClN3O6S. The van der Waals surface area contributed by atoms with Crippen molar-refractivity contribution in [3.8, 4) is 5.75 Å². The number of benzene rings is 3. The third kappa shape index (κ3) is 6.09. The Hall–Kier alpha value is -4.15. The van der Waals surface area contributed by atoms with Crippen LogP contribution >= 0.6 is 23.4 Å². The van der Waals surface area contributed by atoms with Crippen molar-refractivity contribution in [2.24, 2.45) is 0 Å². The molecule has 1 aliphatic rings. The molecule has 0 aromatic heterocycles. The molecule has 0 spiro atoms. The van der Waals surface area contributed by atoms with E-state index in [0.717, 1.165) is 16.7 Å². The summed E-state index contributed by atoms with van der Waals surface area (Å²) in [6.45, 7) is -0.308. The van der Waals surface area contributed by atoms with Crippen molar-refractivity contribution in [2.75, 3.05) is 11.9 Å². The predicted molar refractivity (Wildman–Crippen MR) is 137 cm³/mol. The summed E-state index contributed by atoms with van der Waals surface area (Å²) in [5.41, 5.74) is 1.54. The topological polar surface area (TPSA) is 119 Å². The Morgan fingerprint density at radius 3 is 2.50 bits per heavy atom. The highest BCUT2D eigenvalue weighted by Crippen LogP contribution is 2.35. The number of nitro benzene ring substituents is 1. The first kappa shape index (κ1) is 25.0. The quantitative estimate of drug-likeness (QED) is 0.235. The summed E-state index contributed by atoms with van der Waals surface area (Å²) in [5.74, 6) is -0.577. The molecular weight excluding hydrogens is 506 g/mol. The van der Waals surface area contributed by atoms with Crippen molar-refractivity contribution in [3.05, 3.63) is 104 Å². The van der Waals surface area contributed by atoms with Crippen LogP contribution in [0.2, 0.25) is 5.02 Å². The zero-order chi connectivity index (χ0) is 25.7. The number of ether oxygens (including phenoxy) is 1. The average Bonchev–Trinajstić information content (AvgIpc) is 3.12. The highest BCUT2D eigenvalue weighted by Gasteiger charge is 2.35. The van der Waals surface area contributed by atoms with E-state index in [1.807, 2.05) is 6.07 Å². The molecule has 1 fully saturated rings. The lowest BCUT2D eigenvalue weighted by atomic mass is 10.1. The lowest BCUT2D eigenvalue weighted by Crippen LogP contribution is -2.27. The highest BCUT2D eigenvalue weighted by atomic mass is 35.5. The minimum atomic E-state index is -0.525. The number of amides is 3. The Bertz CT molecular complexity index is 1360. The number of anilines is 1. The van der Waals surface area contributed by atoms with Crippen LogP contribution < -0.4 is 10.1 Å². The van der Waals surface area contributed by atoms with Crippen molar-refractivity contribution in [1.82, 2.24) is 4.90 Å². The number of para-hydroxylation sites is 1. The molecule has 1 N–H and O–H groups in total. The van der Waals surface area contributed by atoms with E-state index in [0.29, 0.717) is 27.6 Å². The van der Waals surface area contributed by atoms with Gasteiger partial charge in [-0.05, 0) is 53.7 Å². The fourth-order valence-corrected chi connectivity index (χ4v) is 4.32. The number of imide groups is 1. The molecule has 3 aromatic carbocycles. The van der Waals surface area contributed by atoms with Crippen LogP contribution in [0.15, 0.2) is 77.7 Å². The van der Waals surface area contributed by atoms with E-state index in [4.69, 9.17) is 16.3 Å². The van der Waals surface area contributed by atoms with Gasteiger partial charge in [-0.3, -0.25) is 29.4 Å². The third-order valence-corrected chi connectivity index (χ3v) is 6.18. The highest BCUT2D eigenvalue weighted by molar-refractivity contribution is 8.18. The number of carbonyl (C=O) groups is 3. The monoisotopic (exact) mass is 523 g/mol. The van der Waals surface area contributed by atoms with Crippen molar-refractivity contribution in [2.45, 2.75) is 6.54 Å². The molecule has 0 radical (unpaired) electrons. The third-order valence-electron chi connectivity index (χ3n) is 5.04. The Kier molecular flexibility index (Phi) is 7.67. The molecule has 0 bridgehead atoms. The number of halogens is 1. The van der Waals surface area contributed by atoms with Gasteiger partial charge in [0.15, 0.2) is 6.61 Å². The van der Waals surface area contributed by atoms with Gasteiger partial charge < -0.3 is 10.1 Å². The number of nitrogens with one attached hydrogen (secondary N) is 1. The van der Waals surface area contributed by atoms with Gasteiger partial charge in [-0.15, -0.1) is 0 Å². The van der Waals surface area contributed by atoms with Gasteiger partial charge >= 0.3 is 0 Å². The maximum atomic E-state index is 12.9. The van der Waals surface area contributed by atoms with E-state index >= 15 is 0 Å². The molecule has 1 heterocycles. The van der Waals surface area contributed by atoms with E-state index in [2.05, 4.69) is 5.32 Å². The zero-order valence-electron chi connectivity index (χ0n) is 18.5. The van der Waals surface area contributed by atoms with Crippen LogP contribution in [0.25, 0.3) is 6.08 Å². The van der Waals surface area contributed by atoms with E-state index in [-0.39, 0.29) is 29.7 Å². The maximum Gasteiger partial charge on any atom is 0.293 e. The first-order valence-corrected chi connectivity index (χ1v) is 11.8. The zero-order valence-corrected chi connectivity index (χ0v) is 20.1.